The smallest absolute Gasteiger partial charge is 0.257 e. The van der Waals surface area contributed by atoms with Crippen LogP contribution >= 0.6 is 11.3 Å². The number of rotatable bonds is 6. The van der Waals surface area contributed by atoms with Crippen molar-refractivity contribution in [2.45, 2.75) is 83.3 Å². The summed E-state index contributed by atoms with van der Waals surface area (Å²) in [6.45, 7) is 3.96. The monoisotopic (exact) mass is 529 g/mol. The molecule has 200 valence electrons. The number of nitrogens with one attached hydrogen (secondary N) is 2. The number of aliphatic hydroxyl groups excluding tert-OH is 2. The molecule has 1 heterocycles. The fourth-order valence-electron chi connectivity index (χ4n) is 7.04. The van der Waals surface area contributed by atoms with Gasteiger partial charge in [-0.1, -0.05) is 32.8 Å². The number of aliphatic hydroxyl groups is 2. The summed E-state index contributed by atoms with van der Waals surface area (Å²) in [5.74, 6) is -1.20. The van der Waals surface area contributed by atoms with Crippen molar-refractivity contribution in [2.75, 3.05) is 11.9 Å². The Morgan fingerprint density at radius 1 is 1.22 bits per heavy atom. The molecule has 2 fully saturated rings. The second kappa shape index (κ2) is 10.1. The molecule has 0 spiro atoms. The number of thiazole rings is 1. The van der Waals surface area contributed by atoms with Crippen LogP contribution in [0.15, 0.2) is 24.3 Å². The SMILES string of the molecule is C[C@]1(CO)[C@H]2Cc3sc(NC(=O)c4cccc(F)c4)nc3[C@@H](CC(=O)NC3CCCC3)[C@]2(C)CC[C@H]1O. The molecule has 7 nitrogen and oxygen atoms in total. The van der Waals surface area contributed by atoms with Crippen LogP contribution < -0.4 is 10.6 Å². The van der Waals surface area contributed by atoms with Gasteiger partial charge in [-0.3, -0.25) is 14.9 Å². The van der Waals surface area contributed by atoms with Gasteiger partial charge in [-0.05, 0) is 61.6 Å². The number of hydrogen-bond acceptors (Lipinski definition) is 6. The second-order valence-corrected chi connectivity index (χ2v) is 12.7. The van der Waals surface area contributed by atoms with Crippen molar-refractivity contribution in [3.63, 3.8) is 0 Å². The summed E-state index contributed by atoms with van der Waals surface area (Å²) < 4.78 is 13.6. The molecule has 0 saturated heterocycles. The molecule has 3 aliphatic carbocycles. The first kappa shape index (κ1) is 26.3. The van der Waals surface area contributed by atoms with E-state index < -0.39 is 23.2 Å². The summed E-state index contributed by atoms with van der Waals surface area (Å²) >= 11 is 1.36. The lowest BCUT2D eigenvalue weighted by Crippen LogP contribution is -2.57. The van der Waals surface area contributed by atoms with E-state index in [1.807, 2.05) is 6.92 Å². The Balaban J connectivity index is 1.47. The lowest BCUT2D eigenvalue weighted by atomic mass is 9.47. The minimum atomic E-state index is -0.708. The number of anilines is 1. The Kier molecular flexibility index (Phi) is 7.15. The molecule has 0 unspecified atom stereocenters. The van der Waals surface area contributed by atoms with Gasteiger partial charge in [0.2, 0.25) is 5.91 Å². The first-order valence-electron chi connectivity index (χ1n) is 13.3. The highest BCUT2D eigenvalue weighted by atomic mass is 32.1. The van der Waals surface area contributed by atoms with Gasteiger partial charge >= 0.3 is 0 Å². The Morgan fingerprint density at radius 3 is 2.68 bits per heavy atom. The average molecular weight is 530 g/mol. The topological polar surface area (TPSA) is 112 Å². The molecule has 4 N–H and O–H groups in total. The van der Waals surface area contributed by atoms with Crippen molar-refractivity contribution in [3.8, 4) is 0 Å². The molecule has 0 bridgehead atoms. The fraction of sp³-hybridized carbons (Fsp3) is 0.607. The van der Waals surface area contributed by atoms with Crippen molar-refractivity contribution in [3.05, 3.63) is 46.2 Å². The van der Waals surface area contributed by atoms with E-state index >= 15 is 0 Å². The molecule has 0 radical (unpaired) electrons. The predicted octanol–water partition coefficient (Wildman–Crippen LogP) is 4.40. The van der Waals surface area contributed by atoms with Crippen LogP contribution in [-0.2, 0) is 11.2 Å². The number of carbonyl (C=O) groups is 2. The maximum absolute atomic E-state index is 13.6. The molecule has 37 heavy (non-hydrogen) atoms. The van der Waals surface area contributed by atoms with Crippen LogP contribution in [0.4, 0.5) is 9.52 Å². The van der Waals surface area contributed by atoms with Crippen LogP contribution in [0.2, 0.25) is 0 Å². The zero-order valence-corrected chi connectivity index (χ0v) is 22.2. The van der Waals surface area contributed by atoms with E-state index in [2.05, 4.69) is 17.6 Å². The molecular weight excluding hydrogens is 493 g/mol. The number of hydrogen-bond donors (Lipinski definition) is 4. The molecule has 2 saturated carbocycles. The maximum Gasteiger partial charge on any atom is 0.257 e. The highest BCUT2D eigenvalue weighted by Gasteiger charge is 2.59. The van der Waals surface area contributed by atoms with Crippen molar-refractivity contribution in [1.82, 2.24) is 10.3 Å². The first-order chi connectivity index (χ1) is 17.6. The fourth-order valence-corrected chi connectivity index (χ4v) is 8.10. The summed E-state index contributed by atoms with van der Waals surface area (Å²) in [6, 6.07) is 5.72. The lowest BCUT2D eigenvalue weighted by Gasteiger charge is -2.58. The van der Waals surface area contributed by atoms with Gasteiger partial charge in [-0.15, -0.1) is 11.3 Å². The Bertz CT molecular complexity index is 1180. The zero-order chi connectivity index (χ0) is 26.4. The number of benzene rings is 1. The van der Waals surface area contributed by atoms with Crippen LogP contribution in [0.5, 0.6) is 0 Å². The highest BCUT2D eigenvalue weighted by Crippen LogP contribution is 2.62. The van der Waals surface area contributed by atoms with Gasteiger partial charge < -0.3 is 15.5 Å². The number of carbonyl (C=O) groups excluding carboxylic acids is 2. The molecular formula is C28H36FN3O4S. The van der Waals surface area contributed by atoms with Crippen LogP contribution in [0.3, 0.4) is 0 Å². The molecule has 3 aliphatic rings. The lowest BCUT2D eigenvalue weighted by molar-refractivity contribution is -0.144. The van der Waals surface area contributed by atoms with Crippen molar-refractivity contribution >= 4 is 28.3 Å². The standard InChI is InChI=1S/C28H36FN3O4S/c1-27-11-10-22(34)28(2,15-33)21(27)14-20-24(19(27)13-23(35)30-18-8-3-4-9-18)31-26(37-20)32-25(36)16-6-5-7-17(29)12-16/h5-7,12,18-19,21-22,33-34H,3-4,8-11,13-15H2,1-2H3,(H,30,35)(H,31,32,36)/t19-,21+,22-,27+,28+/m1/s1. The van der Waals surface area contributed by atoms with E-state index in [1.54, 1.807) is 6.07 Å². The summed E-state index contributed by atoms with van der Waals surface area (Å²) in [4.78, 5) is 31.8. The molecule has 2 aromatic rings. The van der Waals surface area contributed by atoms with Crippen LogP contribution in [0, 0.1) is 22.6 Å². The number of aromatic nitrogens is 1. The van der Waals surface area contributed by atoms with Gasteiger partial charge in [0.1, 0.15) is 5.82 Å². The Hall–Kier alpha value is -2.36. The van der Waals surface area contributed by atoms with Gasteiger partial charge in [-0.25, -0.2) is 9.37 Å². The quantitative estimate of drug-likeness (QED) is 0.443. The van der Waals surface area contributed by atoms with E-state index in [0.717, 1.165) is 42.7 Å². The van der Waals surface area contributed by atoms with Crippen molar-refractivity contribution in [1.29, 1.82) is 0 Å². The van der Waals surface area contributed by atoms with E-state index in [0.29, 0.717) is 18.0 Å². The summed E-state index contributed by atoms with van der Waals surface area (Å²) in [5, 5.41) is 27.8. The van der Waals surface area contributed by atoms with E-state index in [9.17, 15) is 24.2 Å². The molecule has 1 aromatic carbocycles. The Morgan fingerprint density at radius 2 is 1.97 bits per heavy atom. The largest absolute Gasteiger partial charge is 0.396 e. The minimum absolute atomic E-state index is 0.0000974. The van der Waals surface area contributed by atoms with Gasteiger partial charge in [0.25, 0.3) is 5.91 Å². The number of fused-ring (bicyclic) bond motifs is 2. The Labute approximate surface area is 220 Å². The third-order valence-electron chi connectivity index (χ3n) is 9.31. The van der Waals surface area contributed by atoms with E-state index in [1.165, 1.54) is 29.5 Å². The van der Waals surface area contributed by atoms with Crippen LogP contribution in [0.25, 0.3) is 0 Å². The summed E-state index contributed by atoms with van der Waals surface area (Å²) in [7, 11) is 0. The number of amides is 2. The summed E-state index contributed by atoms with van der Waals surface area (Å²) in [6.07, 6.45) is 5.78. The summed E-state index contributed by atoms with van der Waals surface area (Å²) in [5.41, 5.74) is -0.0390. The normalized spacial score (nSPS) is 31.4. The third kappa shape index (κ3) is 4.81. The zero-order valence-electron chi connectivity index (χ0n) is 21.4. The second-order valence-electron chi connectivity index (χ2n) is 11.6. The predicted molar refractivity (Wildman–Crippen MR) is 140 cm³/mol. The molecule has 9 heteroatoms. The van der Waals surface area contributed by atoms with E-state index in [-0.39, 0.29) is 47.8 Å². The van der Waals surface area contributed by atoms with Crippen LogP contribution in [-0.4, -0.2) is 45.8 Å². The van der Waals surface area contributed by atoms with Crippen molar-refractivity contribution < 1.29 is 24.2 Å². The van der Waals surface area contributed by atoms with E-state index in [4.69, 9.17) is 4.98 Å². The number of nitrogens with zero attached hydrogens (tertiary/aromatic N) is 1. The molecule has 0 aliphatic heterocycles. The molecule has 5 rings (SSSR count). The van der Waals surface area contributed by atoms with Gasteiger partial charge in [-0.2, -0.15) is 0 Å². The number of halogens is 1. The molecule has 2 amide bonds. The molecule has 1 aromatic heterocycles. The van der Waals surface area contributed by atoms with Crippen molar-refractivity contribution in [2.24, 2.45) is 16.7 Å². The van der Waals surface area contributed by atoms with Gasteiger partial charge in [0, 0.05) is 34.2 Å². The maximum atomic E-state index is 13.6. The highest BCUT2D eigenvalue weighted by molar-refractivity contribution is 7.15. The van der Waals surface area contributed by atoms with Crippen LogP contribution in [0.1, 0.15) is 85.6 Å². The third-order valence-corrected chi connectivity index (χ3v) is 10.3. The minimum Gasteiger partial charge on any atom is -0.396 e. The van der Waals surface area contributed by atoms with Gasteiger partial charge in [0.05, 0.1) is 18.4 Å². The average Bonchev–Trinajstić information content (AvgIpc) is 3.52. The first-order valence-corrected chi connectivity index (χ1v) is 14.1. The molecule has 5 atom stereocenters. The van der Waals surface area contributed by atoms with Gasteiger partial charge in [0.15, 0.2) is 5.13 Å².